The van der Waals surface area contributed by atoms with Crippen molar-refractivity contribution >= 4 is 29.7 Å². The van der Waals surface area contributed by atoms with Gasteiger partial charge >= 0.3 is 11.9 Å². The van der Waals surface area contributed by atoms with E-state index in [4.69, 9.17) is 15.9 Å². The summed E-state index contributed by atoms with van der Waals surface area (Å²) in [6, 6.07) is -5.56. The minimum Gasteiger partial charge on any atom is -0.481 e. The van der Waals surface area contributed by atoms with Gasteiger partial charge in [0.1, 0.15) is 18.1 Å². The Hall–Kier alpha value is -2.77. The molecule has 0 heterocycles. The third-order valence-corrected chi connectivity index (χ3v) is 3.91. The predicted octanol–water partition coefficient (Wildman–Crippen LogP) is -3.64. The van der Waals surface area contributed by atoms with Gasteiger partial charge in [-0.1, -0.05) is 13.8 Å². The molecule has 29 heavy (non-hydrogen) atoms. The van der Waals surface area contributed by atoms with E-state index < -0.39 is 79.9 Å². The van der Waals surface area contributed by atoms with Gasteiger partial charge in [0.05, 0.1) is 19.3 Å². The zero-order valence-corrected chi connectivity index (χ0v) is 16.1. The number of hydrogen-bond donors (Lipinski definition) is 8. The lowest BCUT2D eigenvalue weighted by Gasteiger charge is -2.24. The largest absolute Gasteiger partial charge is 0.481 e. The van der Waals surface area contributed by atoms with Crippen molar-refractivity contribution in [2.75, 3.05) is 13.2 Å². The topological polar surface area (TPSA) is 228 Å². The third-order valence-electron chi connectivity index (χ3n) is 3.91. The van der Waals surface area contributed by atoms with Crippen LogP contribution >= 0.6 is 0 Å². The first-order valence-corrected chi connectivity index (χ1v) is 8.77. The monoisotopic (exact) mass is 420 g/mol. The number of carboxylic acid groups (broad SMARTS) is 2. The van der Waals surface area contributed by atoms with E-state index in [1.165, 1.54) is 0 Å². The summed E-state index contributed by atoms with van der Waals surface area (Å²) in [6.45, 7) is 1.61. The highest BCUT2D eigenvalue weighted by atomic mass is 16.4. The molecule has 9 N–H and O–H groups in total. The Kier molecular flexibility index (Phi) is 11.4. The van der Waals surface area contributed by atoms with Crippen molar-refractivity contribution in [1.82, 2.24) is 16.0 Å². The van der Waals surface area contributed by atoms with Crippen LogP contribution in [0, 0.1) is 5.92 Å². The highest BCUT2D eigenvalue weighted by molar-refractivity contribution is 5.94. The van der Waals surface area contributed by atoms with Gasteiger partial charge < -0.3 is 42.1 Å². The SMILES string of the molecule is CC(C)C(N)C(=O)NC(CO)C(=O)NC(CO)C(=O)NC(CCC(=O)O)C(=O)O. The summed E-state index contributed by atoms with van der Waals surface area (Å²) in [4.78, 5) is 57.9. The van der Waals surface area contributed by atoms with Gasteiger partial charge in [-0.3, -0.25) is 19.2 Å². The molecule has 4 unspecified atom stereocenters. The summed E-state index contributed by atoms with van der Waals surface area (Å²) in [5, 5.41) is 42.6. The average Bonchev–Trinajstić information content (AvgIpc) is 2.65. The summed E-state index contributed by atoms with van der Waals surface area (Å²) in [6.07, 6.45) is -0.937. The standard InChI is InChI=1S/C16H28N4O9/c1-7(2)12(17)15(27)20-10(6-22)14(26)19-9(5-21)13(25)18-8(16(28)29)3-4-11(23)24/h7-10,12,21-22H,3-6,17H2,1-2H3,(H,18,25)(H,19,26)(H,20,27)(H,23,24)(H,28,29). The number of amides is 3. The fraction of sp³-hybridized carbons (Fsp3) is 0.688. The first-order valence-electron chi connectivity index (χ1n) is 8.77. The van der Waals surface area contributed by atoms with Crippen molar-refractivity contribution in [1.29, 1.82) is 0 Å². The number of hydrogen-bond acceptors (Lipinski definition) is 8. The Morgan fingerprint density at radius 3 is 1.55 bits per heavy atom. The van der Waals surface area contributed by atoms with E-state index in [0.717, 1.165) is 0 Å². The number of nitrogens with one attached hydrogen (secondary N) is 3. The number of carbonyl (C=O) groups excluding carboxylic acids is 3. The maximum atomic E-state index is 12.2. The quantitative estimate of drug-likeness (QED) is 0.146. The van der Waals surface area contributed by atoms with E-state index in [1.807, 2.05) is 5.32 Å². The average molecular weight is 420 g/mol. The van der Waals surface area contributed by atoms with Crippen molar-refractivity contribution in [3.05, 3.63) is 0 Å². The Balaban J connectivity index is 5.01. The predicted molar refractivity (Wildman–Crippen MR) is 97.3 cm³/mol. The summed E-state index contributed by atoms with van der Waals surface area (Å²) in [5.41, 5.74) is 5.64. The Labute approximate surface area is 166 Å². The molecule has 0 saturated carbocycles. The number of carboxylic acids is 2. The molecule has 0 aliphatic carbocycles. The number of aliphatic hydroxyl groups excluding tert-OH is 2. The summed E-state index contributed by atoms with van der Waals surface area (Å²) >= 11 is 0. The van der Waals surface area contributed by atoms with E-state index in [1.54, 1.807) is 13.8 Å². The van der Waals surface area contributed by atoms with Gasteiger partial charge in [0, 0.05) is 6.42 Å². The van der Waals surface area contributed by atoms with Gasteiger partial charge in [0.25, 0.3) is 0 Å². The zero-order valence-electron chi connectivity index (χ0n) is 16.1. The fourth-order valence-corrected chi connectivity index (χ4v) is 2.03. The Bertz CT molecular complexity index is 611. The third kappa shape index (κ3) is 9.32. The fourth-order valence-electron chi connectivity index (χ4n) is 2.03. The van der Waals surface area contributed by atoms with Crippen LogP contribution in [0.1, 0.15) is 26.7 Å². The number of nitrogens with two attached hydrogens (primary N) is 1. The van der Waals surface area contributed by atoms with Crippen LogP contribution in [-0.4, -0.2) is 87.5 Å². The molecule has 166 valence electrons. The maximum absolute atomic E-state index is 12.2. The molecule has 0 saturated heterocycles. The first-order chi connectivity index (χ1) is 13.4. The normalized spacial score (nSPS) is 15.0. The van der Waals surface area contributed by atoms with Gasteiger partial charge in [0.2, 0.25) is 17.7 Å². The van der Waals surface area contributed by atoms with Gasteiger partial charge in [-0.25, -0.2) is 4.79 Å². The molecule has 0 bridgehead atoms. The molecule has 0 aromatic rings. The zero-order chi connectivity index (χ0) is 22.7. The van der Waals surface area contributed by atoms with Crippen molar-refractivity contribution in [2.45, 2.75) is 50.9 Å². The van der Waals surface area contributed by atoms with E-state index in [-0.39, 0.29) is 5.92 Å². The lowest BCUT2D eigenvalue weighted by molar-refractivity contribution is -0.143. The number of carbonyl (C=O) groups is 5. The lowest BCUT2D eigenvalue weighted by Crippen LogP contribution is -2.59. The van der Waals surface area contributed by atoms with Gasteiger partial charge in [0.15, 0.2) is 0 Å². The second-order valence-corrected chi connectivity index (χ2v) is 6.59. The van der Waals surface area contributed by atoms with E-state index in [2.05, 4.69) is 10.6 Å². The van der Waals surface area contributed by atoms with Crippen LogP contribution in [0.3, 0.4) is 0 Å². The molecule has 0 aromatic heterocycles. The van der Waals surface area contributed by atoms with Gasteiger partial charge in [-0.15, -0.1) is 0 Å². The molecule has 0 aromatic carbocycles. The van der Waals surface area contributed by atoms with Crippen LogP contribution in [-0.2, 0) is 24.0 Å². The van der Waals surface area contributed by atoms with Crippen LogP contribution in [0.25, 0.3) is 0 Å². The molecular formula is C16H28N4O9. The molecule has 4 atom stereocenters. The molecular weight excluding hydrogens is 392 g/mol. The molecule has 0 rings (SSSR count). The van der Waals surface area contributed by atoms with Crippen molar-refractivity contribution < 1.29 is 44.4 Å². The van der Waals surface area contributed by atoms with E-state index >= 15 is 0 Å². The lowest BCUT2D eigenvalue weighted by atomic mass is 10.0. The molecule has 0 fully saturated rings. The van der Waals surface area contributed by atoms with Crippen LogP contribution in [0.5, 0.6) is 0 Å². The first kappa shape index (κ1) is 26.2. The van der Waals surface area contributed by atoms with Crippen molar-refractivity contribution in [2.24, 2.45) is 11.7 Å². The van der Waals surface area contributed by atoms with Crippen molar-refractivity contribution in [3.63, 3.8) is 0 Å². The van der Waals surface area contributed by atoms with Gasteiger partial charge in [-0.05, 0) is 12.3 Å². The second kappa shape index (κ2) is 12.6. The minimum atomic E-state index is -1.60. The number of aliphatic carboxylic acids is 2. The Morgan fingerprint density at radius 2 is 1.21 bits per heavy atom. The van der Waals surface area contributed by atoms with Crippen LogP contribution in [0.15, 0.2) is 0 Å². The molecule has 13 heteroatoms. The van der Waals surface area contributed by atoms with E-state index in [9.17, 15) is 34.2 Å². The van der Waals surface area contributed by atoms with Crippen LogP contribution < -0.4 is 21.7 Å². The summed E-state index contributed by atoms with van der Waals surface area (Å²) in [5.74, 6) is -5.81. The second-order valence-electron chi connectivity index (χ2n) is 6.59. The van der Waals surface area contributed by atoms with E-state index in [0.29, 0.717) is 0 Å². The van der Waals surface area contributed by atoms with Crippen LogP contribution in [0.4, 0.5) is 0 Å². The number of aliphatic hydroxyl groups is 2. The molecule has 3 amide bonds. The molecule has 13 nitrogen and oxygen atoms in total. The smallest absolute Gasteiger partial charge is 0.326 e. The highest BCUT2D eigenvalue weighted by Gasteiger charge is 2.30. The van der Waals surface area contributed by atoms with Gasteiger partial charge in [-0.2, -0.15) is 0 Å². The summed E-state index contributed by atoms with van der Waals surface area (Å²) in [7, 11) is 0. The maximum Gasteiger partial charge on any atom is 0.326 e. The minimum absolute atomic E-state index is 0.243. The van der Waals surface area contributed by atoms with Crippen LogP contribution in [0.2, 0.25) is 0 Å². The highest BCUT2D eigenvalue weighted by Crippen LogP contribution is 2.01. The molecule has 0 aliphatic heterocycles. The summed E-state index contributed by atoms with van der Waals surface area (Å²) < 4.78 is 0. The molecule has 0 aliphatic rings. The molecule has 0 radical (unpaired) electrons. The van der Waals surface area contributed by atoms with Crippen molar-refractivity contribution in [3.8, 4) is 0 Å². The molecule has 0 spiro atoms. The number of rotatable bonds is 13. The Morgan fingerprint density at radius 1 is 0.793 bits per heavy atom.